The number of rotatable bonds is 7. The van der Waals surface area contributed by atoms with Crippen molar-refractivity contribution in [3.8, 4) is 11.5 Å². The fourth-order valence-electron chi connectivity index (χ4n) is 4.29. The molecule has 0 saturated carbocycles. The lowest BCUT2D eigenvalue weighted by Crippen LogP contribution is -2.34. The summed E-state index contributed by atoms with van der Waals surface area (Å²) in [4.78, 5) is 39.7. The zero-order chi connectivity index (χ0) is 27.0. The first-order valence-corrected chi connectivity index (χ1v) is 11.7. The van der Waals surface area contributed by atoms with Crippen molar-refractivity contribution in [1.29, 1.82) is 0 Å². The van der Waals surface area contributed by atoms with Crippen molar-refractivity contribution >= 4 is 45.8 Å². The number of likely N-dealkylation sites (N-methyl/N-ethyl adjacent to an activating group) is 2. The Labute approximate surface area is 218 Å². The van der Waals surface area contributed by atoms with Crippen LogP contribution in [0.3, 0.4) is 0 Å². The van der Waals surface area contributed by atoms with Gasteiger partial charge < -0.3 is 29.9 Å². The number of fused-ring (bicyclic) bond motifs is 2. The van der Waals surface area contributed by atoms with E-state index < -0.39 is 10.8 Å². The average Bonchev–Trinajstić information content (AvgIpc) is 3.49. The second-order valence-electron chi connectivity index (χ2n) is 9.12. The Balaban J connectivity index is 1.55. The summed E-state index contributed by atoms with van der Waals surface area (Å²) in [6.07, 6.45) is 0. The molecule has 194 valence electrons. The second kappa shape index (κ2) is 9.87. The third kappa shape index (κ3) is 4.74. The quantitative estimate of drug-likeness (QED) is 0.277. The van der Waals surface area contributed by atoms with Crippen LogP contribution in [-0.2, 0) is 9.59 Å². The molecule has 3 aromatic rings. The van der Waals surface area contributed by atoms with E-state index in [9.17, 15) is 19.7 Å². The molecular formula is C27H25N5O6. The van der Waals surface area contributed by atoms with E-state index in [4.69, 9.17) is 9.47 Å². The van der Waals surface area contributed by atoms with Crippen molar-refractivity contribution in [2.45, 2.75) is 0 Å². The van der Waals surface area contributed by atoms with Gasteiger partial charge in [-0.2, -0.15) is 0 Å². The third-order valence-corrected chi connectivity index (χ3v) is 6.22. The van der Waals surface area contributed by atoms with Crippen LogP contribution in [-0.4, -0.2) is 56.1 Å². The molecule has 2 aliphatic rings. The highest BCUT2D eigenvalue weighted by atomic mass is 16.7. The molecule has 0 radical (unpaired) electrons. The maximum atomic E-state index is 13.2. The van der Waals surface area contributed by atoms with E-state index in [1.807, 2.05) is 44.4 Å². The molecule has 0 saturated heterocycles. The molecule has 5 rings (SSSR count). The van der Waals surface area contributed by atoms with Crippen molar-refractivity contribution in [3.05, 3.63) is 81.9 Å². The number of nitro benzene ring substituents is 1. The molecule has 0 fully saturated rings. The van der Waals surface area contributed by atoms with Crippen LogP contribution in [0.5, 0.6) is 11.5 Å². The van der Waals surface area contributed by atoms with Gasteiger partial charge in [0.25, 0.3) is 11.6 Å². The zero-order valence-electron chi connectivity index (χ0n) is 21.0. The summed E-state index contributed by atoms with van der Waals surface area (Å²) in [7, 11) is 5.38. The Morgan fingerprint density at radius 3 is 2.47 bits per heavy atom. The lowest BCUT2D eigenvalue weighted by atomic mass is 9.99. The molecule has 0 aromatic heterocycles. The number of nitrogens with zero attached hydrogens (tertiary/aromatic N) is 3. The molecule has 11 nitrogen and oxygen atoms in total. The zero-order valence-corrected chi connectivity index (χ0v) is 21.0. The summed E-state index contributed by atoms with van der Waals surface area (Å²) in [6, 6.07) is 16.9. The average molecular weight is 516 g/mol. The molecule has 2 N–H and O–H groups in total. The monoisotopic (exact) mass is 515 g/mol. The van der Waals surface area contributed by atoms with Gasteiger partial charge in [0.2, 0.25) is 12.7 Å². The van der Waals surface area contributed by atoms with Gasteiger partial charge in [0.15, 0.2) is 11.5 Å². The Morgan fingerprint density at radius 1 is 1.03 bits per heavy atom. The molecule has 11 heteroatoms. The maximum absolute atomic E-state index is 13.2. The third-order valence-electron chi connectivity index (χ3n) is 6.22. The minimum atomic E-state index is -0.507. The van der Waals surface area contributed by atoms with Crippen molar-refractivity contribution < 1.29 is 24.0 Å². The minimum Gasteiger partial charge on any atom is -0.454 e. The van der Waals surface area contributed by atoms with Crippen molar-refractivity contribution in [2.24, 2.45) is 0 Å². The summed E-state index contributed by atoms with van der Waals surface area (Å²) >= 11 is 0. The van der Waals surface area contributed by atoms with Crippen LogP contribution < -0.4 is 25.0 Å². The number of amides is 2. The normalized spacial score (nSPS) is 14.7. The number of anilines is 3. The molecular weight excluding hydrogens is 490 g/mol. The molecule has 0 spiro atoms. The van der Waals surface area contributed by atoms with Crippen LogP contribution in [0.4, 0.5) is 22.7 Å². The minimum absolute atomic E-state index is 0.0489. The molecule has 0 bridgehead atoms. The van der Waals surface area contributed by atoms with E-state index in [2.05, 4.69) is 10.6 Å². The summed E-state index contributed by atoms with van der Waals surface area (Å²) in [5, 5.41) is 17.3. The van der Waals surface area contributed by atoms with E-state index in [0.29, 0.717) is 45.3 Å². The lowest BCUT2D eigenvalue weighted by molar-refractivity contribution is -0.384. The maximum Gasteiger partial charge on any atom is 0.271 e. The highest BCUT2D eigenvalue weighted by molar-refractivity contribution is 6.37. The first-order valence-electron chi connectivity index (χ1n) is 11.7. The molecule has 2 heterocycles. The molecule has 0 aliphatic carbocycles. The van der Waals surface area contributed by atoms with Gasteiger partial charge in [-0.25, -0.2) is 0 Å². The first kappa shape index (κ1) is 24.8. The predicted molar refractivity (Wildman–Crippen MR) is 143 cm³/mol. The van der Waals surface area contributed by atoms with Gasteiger partial charge in [0.1, 0.15) is 0 Å². The van der Waals surface area contributed by atoms with Crippen LogP contribution in [0, 0.1) is 10.1 Å². The van der Waals surface area contributed by atoms with Gasteiger partial charge in [-0.3, -0.25) is 19.7 Å². The van der Waals surface area contributed by atoms with E-state index in [1.54, 1.807) is 35.0 Å². The lowest BCUT2D eigenvalue weighted by Gasteiger charge is -2.20. The van der Waals surface area contributed by atoms with Crippen LogP contribution in [0.1, 0.15) is 11.1 Å². The summed E-state index contributed by atoms with van der Waals surface area (Å²) < 4.78 is 11.0. The number of nitro groups is 1. The number of hydrogen-bond donors (Lipinski definition) is 2. The topological polar surface area (TPSA) is 126 Å². The molecule has 38 heavy (non-hydrogen) atoms. The Kier molecular flexibility index (Phi) is 6.43. The SMILES string of the molecule is CN(C)CC(=O)N(C)c1ccc(N/C(=C2\C(=O)Nc3cc([N+](=O)[O-])ccc32)c2ccc3c(c2)OCO3)cc1. The van der Waals surface area contributed by atoms with E-state index in [-0.39, 0.29) is 24.9 Å². The van der Waals surface area contributed by atoms with E-state index in [0.717, 1.165) is 5.69 Å². The first-order chi connectivity index (χ1) is 18.2. The van der Waals surface area contributed by atoms with Crippen LogP contribution in [0.15, 0.2) is 60.7 Å². The second-order valence-corrected chi connectivity index (χ2v) is 9.12. The van der Waals surface area contributed by atoms with Gasteiger partial charge in [0.05, 0.1) is 28.4 Å². The van der Waals surface area contributed by atoms with Gasteiger partial charge in [-0.05, 0) is 62.6 Å². The number of benzene rings is 3. The summed E-state index contributed by atoms with van der Waals surface area (Å²) in [6.45, 7) is 0.385. The van der Waals surface area contributed by atoms with Crippen molar-refractivity contribution in [1.82, 2.24) is 4.90 Å². The number of carbonyl (C=O) groups excluding carboxylic acids is 2. The van der Waals surface area contributed by atoms with Crippen molar-refractivity contribution in [2.75, 3.05) is 50.0 Å². The van der Waals surface area contributed by atoms with E-state index >= 15 is 0 Å². The fraction of sp³-hybridized carbons (Fsp3) is 0.185. The van der Waals surface area contributed by atoms with Gasteiger partial charge in [0, 0.05) is 41.7 Å². The molecule has 3 aromatic carbocycles. The van der Waals surface area contributed by atoms with Gasteiger partial charge >= 0.3 is 0 Å². The number of non-ortho nitro benzene ring substituents is 1. The van der Waals surface area contributed by atoms with Gasteiger partial charge in [-0.15, -0.1) is 0 Å². The largest absolute Gasteiger partial charge is 0.454 e. The van der Waals surface area contributed by atoms with E-state index in [1.165, 1.54) is 12.1 Å². The smallest absolute Gasteiger partial charge is 0.271 e. The number of hydrogen-bond acceptors (Lipinski definition) is 8. The van der Waals surface area contributed by atoms with Crippen LogP contribution in [0.25, 0.3) is 11.3 Å². The molecule has 2 aliphatic heterocycles. The Hall–Kier alpha value is -4.90. The number of ether oxygens (including phenoxy) is 2. The summed E-state index contributed by atoms with van der Waals surface area (Å²) in [5.41, 5.74) is 3.64. The number of nitrogens with one attached hydrogen (secondary N) is 2. The predicted octanol–water partition coefficient (Wildman–Crippen LogP) is 3.78. The highest BCUT2D eigenvalue weighted by Gasteiger charge is 2.30. The van der Waals surface area contributed by atoms with Crippen molar-refractivity contribution in [3.63, 3.8) is 0 Å². The molecule has 0 unspecified atom stereocenters. The van der Waals surface area contributed by atoms with Gasteiger partial charge in [-0.1, -0.05) is 0 Å². The number of carbonyl (C=O) groups is 2. The fourth-order valence-corrected chi connectivity index (χ4v) is 4.29. The highest BCUT2D eigenvalue weighted by Crippen LogP contribution is 2.41. The molecule has 0 atom stereocenters. The Bertz CT molecular complexity index is 1480. The standard InChI is InChI=1S/C27H25N5O6/c1-30(2)14-24(33)31(3)18-7-5-17(6-8-18)28-26(16-4-11-22-23(12-16)38-15-37-22)25-20-10-9-19(32(35)36)13-21(20)29-27(25)34/h4-13,28H,14-15H2,1-3H3,(H,29,34)/b26-25-. The molecule has 2 amide bonds. The Morgan fingerprint density at radius 2 is 1.76 bits per heavy atom. The van der Waals surface area contributed by atoms with Crippen LogP contribution >= 0.6 is 0 Å². The summed E-state index contributed by atoms with van der Waals surface area (Å²) in [5.74, 6) is 0.694. The van der Waals surface area contributed by atoms with Crippen LogP contribution in [0.2, 0.25) is 0 Å².